The molecule has 1 aliphatic carbocycles. The fourth-order valence-electron chi connectivity index (χ4n) is 7.98. The van der Waals surface area contributed by atoms with Gasteiger partial charge in [0.05, 0.1) is 23.0 Å². The molecule has 5 rings (SSSR count). The number of aryl methyl sites for hydroxylation is 2. The molecule has 0 saturated heterocycles. The van der Waals surface area contributed by atoms with E-state index in [1.807, 2.05) is 12.2 Å². The van der Waals surface area contributed by atoms with Gasteiger partial charge in [0.25, 0.3) is 20.2 Å². The molecule has 3 aliphatic rings. The van der Waals surface area contributed by atoms with Crippen LogP contribution in [-0.4, -0.2) is 73.1 Å². The molecule has 0 saturated carbocycles. The Bertz CT molecular complexity index is 2240. The number of carbonyl (C=O) groups excluding carboxylic acids is 1. The molecule has 2 N–H and O–H groups in total. The van der Waals surface area contributed by atoms with Crippen molar-refractivity contribution in [2.24, 2.45) is 0 Å². The van der Waals surface area contributed by atoms with Gasteiger partial charge in [-0.05, 0) is 115 Å². The molecule has 13 heteroatoms. The van der Waals surface area contributed by atoms with E-state index < -0.39 is 26.4 Å². The van der Waals surface area contributed by atoms with Gasteiger partial charge in [0, 0.05) is 47.5 Å². The molecule has 56 heavy (non-hydrogen) atoms. The third kappa shape index (κ3) is 10.1. The fourth-order valence-corrected chi connectivity index (χ4v) is 9.12. The summed E-state index contributed by atoms with van der Waals surface area (Å²) in [5, 5.41) is 0. The largest absolute Gasteiger partial charge is 0.514 e. The van der Waals surface area contributed by atoms with E-state index in [0.717, 1.165) is 56.2 Å². The van der Waals surface area contributed by atoms with Crippen LogP contribution in [0.2, 0.25) is 0 Å². The number of unbranched alkanes of at least 4 members (excludes halogenated alkanes) is 2. The summed E-state index contributed by atoms with van der Waals surface area (Å²) in [7, 11) is -8.11. The van der Waals surface area contributed by atoms with Crippen molar-refractivity contribution in [2.75, 3.05) is 29.5 Å². The number of ether oxygens (including phenoxy) is 2. The first kappa shape index (κ1) is 43.1. The average Bonchev–Trinajstić information content (AvgIpc) is 3.62. The highest BCUT2D eigenvalue weighted by Crippen LogP contribution is 2.48. The highest BCUT2D eigenvalue weighted by atomic mass is 32.2. The van der Waals surface area contributed by atoms with Gasteiger partial charge in [0.2, 0.25) is 5.69 Å². The van der Waals surface area contributed by atoms with Crippen LogP contribution >= 0.6 is 0 Å². The van der Waals surface area contributed by atoms with Gasteiger partial charge < -0.3 is 14.4 Å². The number of allylic oxidation sites excluding steroid dienone is 7. The lowest BCUT2D eigenvalue weighted by Crippen LogP contribution is -2.28. The van der Waals surface area contributed by atoms with Crippen LogP contribution in [0, 0.1) is 13.8 Å². The Morgan fingerprint density at radius 1 is 0.839 bits per heavy atom. The lowest BCUT2D eigenvalue weighted by atomic mass is 9.80. The first-order chi connectivity index (χ1) is 26.1. The molecule has 0 atom stereocenters. The third-order valence-electron chi connectivity index (χ3n) is 10.8. The van der Waals surface area contributed by atoms with Crippen LogP contribution in [0.5, 0.6) is 0 Å². The van der Waals surface area contributed by atoms with E-state index >= 15 is 0 Å². The van der Waals surface area contributed by atoms with E-state index in [4.69, 9.17) is 9.47 Å². The van der Waals surface area contributed by atoms with E-state index in [-0.39, 0.29) is 28.4 Å². The van der Waals surface area contributed by atoms with Gasteiger partial charge >= 0.3 is 6.16 Å². The highest BCUT2D eigenvalue weighted by molar-refractivity contribution is 7.86. The van der Waals surface area contributed by atoms with Crippen molar-refractivity contribution in [3.63, 3.8) is 0 Å². The zero-order valence-corrected chi connectivity index (χ0v) is 35.5. The fraction of sp³-hybridized carbons (Fsp3) is 0.488. The molecule has 2 heterocycles. The van der Waals surface area contributed by atoms with Gasteiger partial charge in [0.1, 0.15) is 12.3 Å². The Balaban J connectivity index is 1.54. The molecule has 2 aromatic rings. The van der Waals surface area contributed by atoms with Gasteiger partial charge in [-0.15, -0.1) is 0 Å². The van der Waals surface area contributed by atoms with Crippen LogP contribution in [0.4, 0.5) is 16.2 Å². The molecule has 0 fully saturated rings. The van der Waals surface area contributed by atoms with Crippen molar-refractivity contribution in [1.82, 2.24) is 0 Å². The molecular weight excluding hydrogens is 753 g/mol. The van der Waals surface area contributed by atoms with E-state index in [1.54, 1.807) is 13.8 Å². The monoisotopic (exact) mass is 809 g/mol. The van der Waals surface area contributed by atoms with Crippen molar-refractivity contribution >= 4 is 43.5 Å². The number of hydrogen-bond acceptors (Lipinski definition) is 8. The standard InChI is InChI=1S/C43H56N2O9S2/c1-29(2)53-41(46)54-40-32(17-21-38-42(5,6)34-27-30(3)13-19-36(34)44(38)23-9-11-25-55(47,48)49)15-16-33(40)18-22-39-43(7,8)35-28-31(4)14-20-37(35)45(39)24-10-12-26-56(50,51)52/h13-14,17-22,27-29H,9-12,15-16,23-26H2,1-8H3,(H-,47,48,49,50,51,52)/p+1. The van der Waals surface area contributed by atoms with Gasteiger partial charge in [-0.25, -0.2) is 4.79 Å². The number of hydrogen-bond donors (Lipinski definition) is 2. The van der Waals surface area contributed by atoms with Crippen LogP contribution in [0.3, 0.4) is 0 Å². The SMILES string of the molecule is Cc1ccc2c(c1)C(C)(C)C(/C=C/C1=C(OC(=O)OC(C)C)C(=C/C=C3/N(CCCCS(=O)(=O)O)c4ccc(C)cc4C3(C)C)/CC1)=[N+]2CCCCS(=O)(=O)O. The molecule has 0 amide bonds. The predicted octanol–water partition coefficient (Wildman–Crippen LogP) is 8.79. The zero-order chi connectivity index (χ0) is 41.2. The molecule has 11 nitrogen and oxygen atoms in total. The van der Waals surface area contributed by atoms with Crippen LogP contribution < -0.4 is 4.90 Å². The lowest BCUT2D eigenvalue weighted by molar-refractivity contribution is -0.438. The van der Waals surface area contributed by atoms with Crippen LogP contribution in [0.25, 0.3) is 0 Å². The maximum Gasteiger partial charge on any atom is 0.514 e. The van der Waals surface area contributed by atoms with Crippen molar-refractivity contribution in [2.45, 2.75) is 111 Å². The van der Waals surface area contributed by atoms with Crippen LogP contribution in [-0.2, 0) is 40.5 Å². The second-order valence-electron chi connectivity index (χ2n) is 16.4. The van der Waals surface area contributed by atoms with E-state index in [2.05, 4.69) is 99.6 Å². The number of fused-ring (bicyclic) bond motifs is 2. The summed E-state index contributed by atoms with van der Waals surface area (Å²) < 4.78 is 78.0. The molecule has 2 aromatic carbocycles. The normalized spacial score (nSPS) is 19.2. The molecule has 304 valence electrons. The summed E-state index contributed by atoms with van der Waals surface area (Å²) in [5.41, 5.74) is 9.64. The lowest BCUT2D eigenvalue weighted by Gasteiger charge is -2.27. The number of rotatable bonds is 15. The number of carbonyl (C=O) groups is 1. The van der Waals surface area contributed by atoms with Crippen molar-refractivity contribution in [1.29, 1.82) is 0 Å². The van der Waals surface area contributed by atoms with Crippen LogP contribution in [0.15, 0.2) is 83.3 Å². The Morgan fingerprint density at radius 3 is 2.11 bits per heavy atom. The minimum absolute atomic E-state index is 0.295. The minimum atomic E-state index is -4.06. The molecule has 0 unspecified atom stereocenters. The van der Waals surface area contributed by atoms with E-state index in [0.29, 0.717) is 57.4 Å². The first-order valence-corrected chi connectivity index (χ1v) is 22.6. The van der Waals surface area contributed by atoms with Crippen molar-refractivity contribution < 1.29 is 44.8 Å². The smallest absolute Gasteiger partial charge is 0.431 e. The van der Waals surface area contributed by atoms with E-state index in [1.165, 1.54) is 0 Å². The number of anilines is 1. The zero-order valence-electron chi connectivity index (χ0n) is 33.9. The molecular formula is C43H57N2O9S2+. The van der Waals surface area contributed by atoms with Gasteiger partial charge in [-0.1, -0.05) is 49.2 Å². The molecule has 0 bridgehead atoms. The van der Waals surface area contributed by atoms with Gasteiger partial charge in [-0.3, -0.25) is 9.11 Å². The molecule has 0 aromatic heterocycles. The Morgan fingerprint density at radius 2 is 1.46 bits per heavy atom. The third-order valence-corrected chi connectivity index (χ3v) is 12.4. The summed E-state index contributed by atoms with van der Waals surface area (Å²) in [6, 6.07) is 12.7. The quantitative estimate of drug-likeness (QED) is 0.0774. The summed E-state index contributed by atoms with van der Waals surface area (Å²) in [6.07, 6.45) is 9.97. The number of nitrogens with zero attached hydrogens (tertiary/aromatic N) is 2. The maximum atomic E-state index is 13.0. The Kier molecular flexibility index (Phi) is 12.9. The van der Waals surface area contributed by atoms with Crippen LogP contribution in [0.1, 0.15) is 102 Å². The summed E-state index contributed by atoms with van der Waals surface area (Å²) in [4.78, 5) is 15.3. The first-order valence-electron chi connectivity index (χ1n) is 19.3. The van der Waals surface area contributed by atoms with Gasteiger partial charge in [-0.2, -0.15) is 21.4 Å². The predicted molar refractivity (Wildman–Crippen MR) is 221 cm³/mol. The molecule has 0 radical (unpaired) electrons. The minimum Gasteiger partial charge on any atom is -0.431 e. The Hall–Kier alpha value is -4.04. The second kappa shape index (κ2) is 16.8. The summed E-state index contributed by atoms with van der Waals surface area (Å²) in [5.74, 6) is -0.149. The Labute approximate surface area is 333 Å². The summed E-state index contributed by atoms with van der Waals surface area (Å²) >= 11 is 0. The summed E-state index contributed by atoms with van der Waals surface area (Å²) in [6.45, 7) is 17.4. The number of benzene rings is 2. The van der Waals surface area contributed by atoms with Gasteiger partial charge in [0.15, 0.2) is 5.71 Å². The average molecular weight is 810 g/mol. The molecule has 0 spiro atoms. The van der Waals surface area contributed by atoms with Crippen molar-refractivity contribution in [3.8, 4) is 0 Å². The highest BCUT2D eigenvalue weighted by Gasteiger charge is 2.44. The molecule has 2 aliphatic heterocycles. The van der Waals surface area contributed by atoms with Crippen molar-refractivity contribution in [3.05, 3.63) is 106 Å². The second-order valence-corrected chi connectivity index (χ2v) is 19.6. The maximum absolute atomic E-state index is 13.0. The van der Waals surface area contributed by atoms with E-state index in [9.17, 15) is 30.7 Å². The topological polar surface area (TPSA) is 151 Å².